The first-order chi connectivity index (χ1) is 22.0. The van der Waals surface area contributed by atoms with Crippen molar-refractivity contribution in [1.29, 1.82) is 0 Å². The Morgan fingerprint density at radius 2 is 1.52 bits per heavy atom. The lowest BCUT2D eigenvalue weighted by Gasteiger charge is -2.25. The van der Waals surface area contributed by atoms with Crippen molar-refractivity contribution in [3.63, 3.8) is 0 Å². The van der Waals surface area contributed by atoms with Gasteiger partial charge in [-0.05, 0) is 60.9 Å². The van der Waals surface area contributed by atoms with Crippen LogP contribution in [0.15, 0.2) is 97.1 Å². The van der Waals surface area contributed by atoms with Gasteiger partial charge in [0.1, 0.15) is 17.1 Å². The average Bonchev–Trinajstić information content (AvgIpc) is 3.29. The third-order valence-corrected chi connectivity index (χ3v) is 8.30. The topological polar surface area (TPSA) is 104 Å². The molecule has 240 valence electrons. The molecule has 10 heteroatoms. The standard InChI is InChI=1S/C36H36ClNO7S/c1-24(2)45-34-23-28(15-16-30(34)36(39)40)43-20-18-29-31-22-27(37)14-17-32(31)38(33(29)19-21-44-46(3,41)42)35(25-10-6-4-7-11-25)26-12-8-5-9-13-26/h4-17,22-24,35H,18-21H2,1-3H3,(H,39,40). The van der Waals surface area contributed by atoms with Crippen LogP contribution < -0.4 is 9.47 Å². The lowest BCUT2D eigenvalue weighted by molar-refractivity contribution is 0.0690. The first kappa shape index (κ1) is 33.1. The van der Waals surface area contributed by atoms with E-state index >= 15 is 0 Å². The lowest BCUT2D eigenvalue weighted by atomic mass is 9.97. The normalized spacial score (nSPS) is 11.8. The molecule has 0 unspecified atom stereocenters. The summed E-state index contributed by atoms with van der Waals surface area (Å²) in [5.41, 5.74) is 4.96. The Labute approximate surface area is 274 Å². The van der Waals surface area contributed by atoms with Gasteiger partial charge in [-0.2, -0.15) is 8.42 Å². The number of aromatic carboxylic acids is 1. The van der Waals surface area contributed by atoms with E-state index in [-0.39, 0.29) is 36.7 Å². The number of benzene rings is 4. The first-order valence-electron chi connectivity index (χ1n) is 14.9. The van der Waals surface area contributed by atoms with E-state index in [1.54, 1.807) is 12.1 Å². The number of hydrogen-bond acceptors (Lipinski definition) is 6. The summed E-state index contributed by atoms with van der Waals surface area (Å²) in [6, 6.07) is 30.5. The summed E-state index contributed by atoms with van der Waals surface area (Å²) >= 11 is 6.55. The Balaban J connectivity index is 1.60. The lowest BCUT2D eigenvalue weighted by Crippen LogP contribution is -2.18. The van der Waals surface area contributed by atoms with Gasteiger partial charge in [0.2, 0.25) is 0 Å². The predicted octanol–water partition coefficient (Wildman–Crippen LogP) is 7.56. The molecule has 1 heterocycles. The third-order valence-electron chi connectivity index (χ3n) is 7.47. The highest BCUT2D eigenvalue weighted by Crippen LogP contribution is 2.38. The molecule has 4 aromatic carbocycles. The summed E-state index contributed by atoms with van der Waals surface area (Å²) in [6.45, 7) is 3.86. The van der Waals surface area contributed by atoms with Crippen LogP contribution in [0.25, 0.3) is 10.9 Å². The van der Waals surface area contributed by atoms with Crippen molar-refractivity contribution in [3.05, 3.63) is 130 Å². The number of fused-ring (bicyclic) bond motifs is 1. The number of carbonyl (C=O) groups is 1. The maximum atomic E-state index is 12.0. The van der Waals surface area contributed by atoms with Crippen LogP contribution in [-0.4, -0.2) is 49.6 Å². The molecule has 0 aliphatic carbocycles. The molecule has 0 bridgehead atoms. The minimum Gasteiger partial charge on any atom is -0.493 e. The van der Waals surface area contributed by atoms with E-state index in [0.29, 0.717) is 23.6 Å². The number of carboxylic acids is 1. The van der Waals surface area contributed by atoms with E-state index in [9.17, 15) is 18.3 Å². The van der Waals surface area contributed by atoms with Crippen LogP contribution in [0.4, 0.5) is 0 Å². The second-order valence-corrected chi connectivity index (χ2v) is 13.3. The van der Waals surface area contributed by atoms with Crippen molar-refractivity contribution >= 4 is 38.6 Å². The van der Waals surface area contributed by atoms with E-state index in [4.69, 9.17) is 25.3 Å². The Kier molecular flexibility index (Phi) is 10.4. The Morgan fingerprint density at radius 1 is 0.870 bits per heavy atom. The second kappa shape index (κ2) is 14.4. The zero-order valence-electron chi connectivity index (χ0n) is 25.9. The van der Waals surface area contributed by atoms with Crippen molar-refractivity contribution in [1.82, 2.24) is 4.57 Å². The summed E-state index contributed by atoms with van der Waals surface area (Å²) in [5.74, 6) is -0.384. The van der Waals surface area contributed by atoms with Crippen molar-refractivity contribution in [3.8, 4) is 11.5 Å². The van der Waals surface area contributed by atoms with E-state index in [1.807, 2.05) is 68.4 Å². The largest absolute Gasteiger partial charge is 0.493 e. The van der Waals surface area contributed by atoms with E-state index < -0.39 is 16.1 Å². The van der Waals surface area contributed by atoms with Gasteiger partial charge in [0.25, 0.3) is 10.1 Å². The van der Waals surface area contributed by atoms with Crippen LogP contribution in [0, 0.1) is 0 Å². The molecule has 0 atom stereocenters. The fraction of sp³-hybridized carbons (Fsp3) is 0.250. The fourth-order valence-corrected chi connectivity index (χ4v) is 6.25. The molecule has 0 radical (unpaired) electrons. The van der Waals surface area contributed by atoms with Gasteiger partial charge in [0.05, 0.1) is 31.6 Å². The molecule has 0 aliphatic heterocycles. The van der Waals surface area contributed by atoms with Gasteiger partial charge >= 0.3 is 5.97 Å². The molecule has 0 aliphatic rings. The Bertz CT molecular complexity index is 1880. The molecule has 46 heavy (non-hydrogen) atoms. The van der Waals surface area contributed by atoms with Gasteiger partial charge in [-0.15, -0.1) is 0 Å². The quantitative estimate of drug-likeness (QED) is 0.123. The maximum Gasteiger partial charge on any atom is 0.339 e. The molecule has 5 rings (SSSR count). The minimum absolute atomic E-state index is 0.0421. The second-order valence-electron chi connectivity index (χ2n) is 11.2. The highest BCUT2D eigenvalue weighted by atomic mass is 35.5. The predicted molar refractivity (Wildman–Crippen MR) is 180 cm³/mol. The molecular weight excluding hydrogens is 626 g/mol. The van der Waals surface area contributed by atoms with Crippen LogP contribution in [0.2, 0.25) is 5.02 Å². The molecule has 5 aromatic rings. The van der Waals surface area contributed by atoms with Crippen LogP contribution in [-0.2, 0) is 27.1 Å². The smallest absolute Gasteiger partial charge is 0.339 e. The molecule has 0 saturated carbocycles. The zero-order chi connectivity index (χ0) is 32.8. The fourth-order valence-electron chi connectivity index (χ4n) is 5.69. The minimum atomic E-state index is -3.67. The van der Waals surface area contributed by atoms with E-state index in [1.165, 1.54) is 6.07 Å². The number of halogens is 1. The molecule has 8 nitrogen and oxygen atoms in total. The van der Waals surface area contributed by atoms with Gasteiger partial charge in [-0.3, -0.25) is 4.18 Å². The number of aromatic nitrogens is 1. The molecular formula is C36H36ClNO7S. The van der Waals surface area contributed by atoms with Crippen molar-refractivity contribution in [2.75, 3.05) is 19.5 Å². The number of ether oxygens (including phenoxy) is 2. The summed E-state index contributed by atoms with van der Waals surface area (Å²) in [7, 11) is -3.67. The van der Waals surface area contributed by atoms with E-state index in [0.717, 1.165) is 39.5 Å². The Hall–Kier alpha value is -4.31. The van der Waals surface area contributed by atoms with Crippen molar-refractivity contribution in [2.45, 2.75) is 38.8 Å². The highest BCUT2D eigenvalue weighted by molar-refractivity contribution is 7.85. The highest BCUT2D eigenvalue weighted by Gasteiger charge is 2.26. The van der Waals surface area contributed by atoms with Crippen LogP contribution >= 0.6 is 11.6 Å². The first-order valence-corrected chi connectivity index (χ1v) is 17.1. The third kappa shape index (κ3) is 7.91. The zero-order valence-corrected chi connectivity index (χ0v) is 27.4. The van der Waals surface area contributed by atoms with E-state index in [2.05, 4.69) is 28.8 Å². The van der Waals surface area contributed by atoms with Crippen LogP contribution in [0.3, 0.4) is 0 Å². The Morgan fingerprint density at radius 3 is 2.11 bits per heavy atom. The summed E-state index contributed by atoms with van der Waals surface area (Å²) < 4.78 is 43.3. The molecule has 1 N–H and O–H groups in total. The number of rotatable bonds is 14. The van der Waals surface area contributed by atoms with Gasteiger partial charge < -0.3 is 19.1 Å². The summed E-state index contributed by atoms with van der Waals surface area (Å²) in [4.78, 5) is 11.7. The molecule has 0 saturated heterocycles. The van der Waals surface area contributed by atoms with Crippen molar-refractivity contribution in [2.24, 2.45) is 0 Å². The number of nitrogens with zero attached hydrogens (tertiary/aromatic N) is 1. The van der Waals surface area contributed by atoms with Crippen LogP contribution in [0.1, 0.15) is 52.6 Å². The monoisotopic (exact) mass is 661 g/mol. The van der Waals surface area contributed by atoms with Crippen LogP contribution in [0.5, 0.6) is 11.5 Å². The summed E-state index contributed by atoms with van der Waals surface area (Å²) in [6.07, 6.45) is 1.59. The molecule has 0 amide bonds. The SMILES string of the molecule is CC(C)Oc1cc(OCCc2c(CCOS(C)(=O)=O)n(C(c3ccccc3)c3ccccc3)c3ccc(Cl)cc23)ccc1C(=O)O. The average molecular weight is 662 g/mol. The van der Waals surface area contributed by atoms with Gasteiger partial charge in [-0.1, -0.05) is 72.3 Å². The van der Waals surface area contributed by atoms with Gasteiger partial charge in [0.15, 0.2) is 0 Å². The van der Waals surface area contributed by atoms with Gasteiger partial charge in [0, 0.05) is 40.5 Å². The molecule has 1 aromatic heterocycles. The van der Waals surface area contributed by atoms with Gasteiger partial charge in [-0.25, -0.2) is 4.79 Å². The number of carboxylic acid groups (broad SMARTS) is 1. The number of hydrogen-bond donors (Lipinski definition) is 1. The molecule has 0 fully saturated rings. The summed E-state index contributed by atoms with van der Waals surface area (Å²) in [5, 5.41) is 11.1. The maximum absolute atomic E-state index is 12.0. The molecule has 0 spiro atoms. The van der Waals surface area contributed by atoms with Crippen molar-refractivity contribution < 1.29 is 32.0 Å².